The van der Waals surface area contributed by atoms with Crippen molar-refractivity contribution in [2.24, 2.45) is 0 Å². The van der Waals surface area contributed by atoms with Gasteiger partial charge < -0.3 is 15.3 Å². The Morgan fingerprint density at radius 3 is 2.90 bits per heavy atom. The quantitative estimate of drug-likeness (QED) is 0.809. The van der Waals surface area contributed by atoms with Crippen LogP contribution in [0, 0.1) is 0 Å². The fourth-order valence-electron chi connectivity index (χ4n) is 2.88. The number of piperidine rings is 1. The lowest BCUT2D eigenvalue weighted by atomic mass is 9.99. The molecule has 0 aliphatic carbocycles. The summed E-state index contributed by atoms with van der Waals surface area (Å²) in [5.74, 6) is 2.82. The second-order valence-corrected chi connectivity index (χ2v) is 5.66. The van der Waals surface area contributed by atoms with Crippen LogP contribution in [0.3, 0.4) is 0 Å². The van der Waals surface area contributed by atoms with Crippen LogP contribution in [0.1, 0.15) is 51.8 Å². The molecular weight excluding hydrogens is 264 g/mol. The van der Waals surface area contributed by atoms with Gasteiger partial charge in [-0.1, -0.05) is 13.8 Å². The van der Waals surface area contributed by atoms with Gasteiger partial charge in [0.15, 0.2) is 0 Å². The third-order valence-electron chi connectivity index (χ3n) is 4.02. The first-order valence-corrected chi connectivity index (χ1v) is 8.27. The Morgan fingerprint density at radius 1 is 1.33 bits per heavy atom. The summed E-state index contributed by atoms with van der Waals surface area (Å²) in [6.45, 7) is 6.44. The van der Waals surface area contributed by atoms with Crippen LogP contribution in [0.2, 0.25) is 0 Å². The van der Waals surface area contributed by atoms with Gasteiger partial charge in [0.25, 0.3) is 0 Å². The zero-order valence-corrected chi connectivity index (χ0v) is 13.3. The Hall–Kier alpha value is -1.36. The highest BCUT2D eigenvalue weighted by Crippen LogP contribution is 2.26. The predicted octanol–water partition coefficient (Wildman–Crippen LogP) is 2.60. The Morgan fingerprint density at radius 2 is 2.19 bits per heavy atom. The SMILES string of the molecule is CCCNc1cc(N2CCCCC2CCO)nc(CC)n1. The van der Waals surface area contributed by atoms with E-state index in [1.807, 2.05) is 0 Å². The van der Waals surface area contributed by atoms with E-state index in [1.165, 1.54) is 12.8 Å². The number of rotatable bonds is 7. The maximum atomic E-state index is 9.28. The fourth-order valence-corrected chi connectivity index (χ4v) is 2.88. The molecule has 5 heteroatoms. The Bertz CT molecular complexity index is 436. The number of nitrogens with zero attached hydrogens (tertiary/aromatic N) is 3. The molecule has 0 bridgehead atoms. The van der Waals surface area contributed by atoms with Crippen LogP contribution >= 0.6 is 0 Å². The summed E-state index contributed by atoms with van der Waals surface area (Å²) in [6.07, 6.45) is 6.33. The second kappa shape index (κ2) is 8.17. The number of aliphatic hydroxyl groups excluding tert-OH is 1. The molecule has 5 nitrogen and oxygen atoms in total. The molecule has 1 atom stereocenters. The summed E-state index contributed by atoms with van der Waals surface area (Å²) >= 11 is 0. The highest BCUT2D eigenvalue weighted by Gasteiger charge is 2.23. The van der Waals surface area contributed by atoms with Gasteiger partial charge in [0, 0.05) is 38.2 Å². The first-order chi connectivity index (χ1) is 10.3. The monoisotopic (exact) mass is 292 g/mol. The van der Waals surface area contributed by atoms with Crippen molar-refractivity contribution in [1.29, 1.82) is 0 Å². The van der Waals surface area contributed by atoms with Crippen molar-refractivity contribution in [3.63, 3.8) is 0 Å². The van der Waals surface area contributed by atoms with Gasteiger partial charge in [0.05, 0.1) is 0 Å². The minimum atomic E-state index is 0.244. The van der Waals surface area contributed by atoms with Gasteiger partial charge in [-0.2, -0.15) is 0 Å². The highest BCUT2D eigenvalue weighted by molar-refractivity contribution is 5.50. The Kier molecular flexibility index (Phi) is 6.23. The fraction of sp³-hybridized carbons (Fsp3) is 0.750. The minimum Gasteiger partial charge on any atom is -0.396 e. The summed E-state index contributed by atoms with van der Waals surface area (Å²) in [5, 5.41) is 12.7. The van der Waals surface area contributed by atoms with E-state index in [1.54, 1.807) is 0 Å². The van der Waals surface area contributed by atoms with E-state index in [0.717, 1.165) is 56.2 Å². The van der Waals surface area contributed by atoms with E-state index >= 15 is 0 Å². The van der Waals surface area contributed by atoms with Crippen molar-refractivity contribution in [1.82, 2.24) is 9.97 Å². The molecule has 1 aromatic heterocycles. The van der Waals surface area contributed by atoms with Crippen LogP contribution < -0.4 is 10.2 Å². The summed E-state index contributed by atoms with van der Waals surface area (Å²) in [4.78, 5) is 11.6. The molecule has 1 saturated heterocycles. The minimum absolute atomic E-state index is 0.244. The number of nitrogens with one attached hydrogen (secondary N) is 1. The summed E-state index contributed by atoms with van der Waals surface area (Å²) in [5.41, 5.74) is 0. The van der Waals surface area contributed by atoms with E-state index in [0.29, 0.717) is 6.04 Å². The van der Waals surface area contributed by atoms with Gasteiger partial charge in [-0.25, -0.2) is 9.97 Å². The lowest BCUT2D eigenvalue weighted by molar-refractivity contribution is 0.262. The Balaban J connectivity index is 2.22. The third-order valence-corrected chi connectivity index (χ3v) is 4.02. The smallest absolute Gasteiger partial charge is 0.134 e. The van der Waals surface area contributed by atoms with Crippen molar-refractivity contribution in [2.75, 3.05) is 29.9 Å². The summed E-state index contributed by atoms with van der Waals surface area (Å²) in [6, 6.07) is 2.47. The van der Waals surface area contributed by atoms with Gasteiger partial charge in [-0.3, -0.25) is 0 Å². The normalized spacial score (nSPS) is 18.8. The number of hydrogen-bond donors (Lipinski definition) is 2. The number of anilines is 2. The molecule has 0 amide bonds. The van der Waals surface area contributed by atoms with E-state index in [-0.39, 0.29) is 6.61 Å². The van der Waals surface area contributed by atoms with Crippen LogP contribution in [0.5, 0.6) is 0 Å². The zero-order valence-electron chi connectivity index (χ0n) is 13.3. The molecule has 2 heterocycles. The molecule has 1 unspecified atom stereocenters. The molecule has 1 aliphatic heterocycles. The first kappa shape index (κ1) is 16.0. The molecule has 0 saturated carbocycles. The molecule has 1 aliphatic rings. The molecule has 2 N–H and O–H groups in total. The molecule has 21 heavy (non-hydrogen) atoms. The van der Waals surface area contributed by atoms with Crippen LogP contribution in [0.15, 0.2) is 6.07 Å². The molecule has 1 aromatic rings. The highest BCUT2D eigenvalue weighted by atomic mass is 16.3. The largest absolute Gasteiger partial charge is 0.396 e. The predicted molar refractivity (Wildman–Crippen MR) is 86.9 cm³/mol. The van der Waals surface area contributed by atoms with Crippen molar-refractivity contribution >= 4 is 11.6 Å². The number of aryl methyl sites for hydroxylation is 1. The van der Waals surface area contributed by atoms with Gasteiger partial charge in [0.2, 0.25) is 0 Å². The van der Waals surface area contributed by atoms with E-state index < -0.39 is 0 Å². The van der Waals surface area contributed by atoms with E-state index in [9.17, 15) is 5.11 Å². The van der Waals surface area contributed by atoms with Crippen molar-refractivity contribution < 1.29 is 5.11 Å². The maximum Gasteiger partial charge on any atom is 0.134 e. The van der Waals surface area contributed by atoms with Gasteiger partial charge in [-0.05, 0) is 32.1 Å². The van der Waals surface area contributed by atoms with Gasteiger partial charge >= 0.3 is 0 Å². The number of aliphatic hydroxyl groups is 1. The van der Waals surface area contributed by atoms with Crippen LogP contribution in [0.4, 0.5) is 11.6 Å². The van der Waals surface area contributed by atoms with E-state index in [2.05, 4.69) is 35.1 Å². The summed E-state index contributed by atoms with van der Waals surface area (Å²) in [7, 11) is 0. The molecule has 2 rings (SSSR count). The first-order valence-electron chi connectivity index (χ1n) is 8.27. The van der Waals surface area contributed by atoms with Crippen molar-refractivity contribution in [3.05, 3.63) is 11.9 Å². The van der Waals surface area contributed by atoms with Crippen molar-refractivity contribution in [3.8, 4) is 0 Å². The average molecular weight is 292 g/mol. The van der Waals surface area contributed by atoms with Gasteiger partial charge in [-0.15, -0.1) is 0 Å². The molecule has 0 spiro atoms. The Labute approximate surface area is 127 Å². The van der Waals surface area contributed by atoms with Gasteiger partial charge in [0.1, 0.15) is 17.5 Å². The molecule has 118 valence electrons. The second-order valence-electron chi connectivity index (χ2n) is 5.66. The van der Waals surface area contributed by atoms with E-state index in [4.69, 9.17) is 4.98 Å². The maximum absolute atomic E-state index is 9.28. The van der Waals surface area contributed by atoms with Crippen LogP contribution in [-0.2, 0) is 6.42 Å². The molecular formula is C16H28N4O. The standard InChI is InChI=1S/C16H28N4O/c1-3-9-17-15-12-16(19-14(4-2)18-15)20-10-6-5-7-13(20)8-11-21/h12-13,21H,3-11H2,1-2H3,(H,17,18,19). The van der Waals surface area contributed by atoms with Crippen LogP contribution in [0.25, 0.3) is 0 Å². The summed E-state index contributed by atoms with van der Waals surface area (Å²) < 4.78 is 0. The molecule has 1 fully saturated rings. The molecule has 0 radical (unpaired) electrons. The van der Waals surface area contributed by atoms with Crippen molar-refractivity contribution in [2.45, 2.75) is 58.4 Å². The zero-order chi connectivity index (χ0) is 15.1. The lowest BCUT2D eigenvalue weighted by Crippen LogP contribution is -2.40. The average Bonchev–Trinajstić information content (AvgIpc) is 2.53. The topological polar surface area (TPSA) is 61.3 Å². The number of aromatic nitrogens is 2. The van der Waals surface area contributed by atoms with Crippen LogP contribution in [-0.4, -0.2) is 40.8 Å². The molecule has 0 aromatic carbocycles. The lowest BCUT2D eigenvalue weighted by Gasteiger charge is -2.36. The number of hydrogen-bond acceptors (Lipinski definition) is 5. The third kappa shape index (κ3) is 4.30.